The van der Waals surface area contributed by atoms with Gasteiger partial charge in [0, 0.05) is 13.7 Å². The fraction of sp³-hybridized carbons (Fsp3) is 0.769. The standard InChI is InChI=1S/C13H23N3O3/c1-5-7-11-12(13(17)19-6-2)14-15-16(11)10(3)8-9-18-4/h10H,5-9H2,1-4H3. The van der Waals surface area contributed by atoms with Crippen LogP contribution in [0.25, 0.3) is 0 Å². The molecule has 0 aliphatic rings. The molecule has 1 heterocycles. The molecule has 6 heteroatoms. The molecule has 0 spiro atoms. The van der Waals surface area contributed by atoms with Crippen molar-refractivity contribution in [1.29, 1.82) is 0 Å². The van der Waals surface area contributed by atoms with Gasteiger partial charge in [-0.2, -0.15) is 0 Å². The third-order valence-electron chi connectivity index (χ3n) is 2.90. The second kappa shape index (κ2) is 7.89. The Bertz CT molecular complexity index is 404. The van der Waals surface area contributed by atoms with E-state index in [0.29, 0.717) is 18.9 Å². The molecule has 1 atom stereocenters. The van der Waals surface area contributed by atoms with Gasteiger partial charge in [-0.15, -0.1) is 5.10 Å². The fourth-order valence-corrected chi connectivity index (χ4v) is 1.91. The van der Waals surface area contributed by atoms with Crippen LogP contribution in [0.15, 0.2) is 0 Å². The Balaban J connectivity index is 2.95. The van der Waals surface area contributed by atoms with E-state index in [1.54, 1.807) is 14.0 Å². The van der Waals surface area contributed by atoms with Crippen LogP contribution in [0.4, 0.5) is 0 Å². The molecule has 0 bridgehead atoms. The van der Waals surface area contributed by atoms with Crippen LogP contribution in [0.5, 0.6) is 0 Å². The van der Waals surface area contributed by atoms with E-state index in [9.17, 15) is 4.79 Å². The van der Waals surface area contributed by atoms with Crippen LogP contribution in [0.3, 0.4) is 0 Å². The zero-order valence-electron chi connectivity index (χ0n) is 12.2. The molecular formula is C13H23N3O3. The van der Waals surface area contributed by atoms with E-state index in [1.807, 2.05) is 11.6 Å². The summed E-state index contributed by atoms with van der Waals surface area (Å²) in [6.45, 7) is 6.88. The van der Waals surface area contributed by atoms with Crippen LogP contribution < -0.4 is 0 Å². The molecule has 0 N–H and O–H groups in total. The molecule has 19 heavy (non-hydrogen) atoms. The molecule has 1 aromatic heterocycles. The van der Waals surface area contributed by atoms with Gasteiger partial charge in [0.15, 0.2) is 5.69 Å². The molecule has 1 aromatic rings. The average molecular weight is 269 g/mol. The minimum Gasteiger partial charge on any atom is -0.461 e. The molecule has 108 valence electrons. The van der Waals surface area contributed by atoms with E-state index in [4.69, 9.17) is 9.47 Å². The highest BCUT2D eigenvalue weighted by Crippen LogP contribution is 2.17. The van der Waals surface area contributed by atoms with Crippen molar-refractivity contribution in [2.24, 2.45) is 0 Å². The van der Waals surface area contributed by atoms with Crippen molar-refractivity contribution < 1.29 is 14.3 Å². The van der Waals surface area contributed by atoms with Crippen LogP contribution >= 0.6 is 0 Å². The highest BCUT2D eigenvalue weighted by atomic mass is 16.5. The van der Waals surface area contributed by atoms with Gasteiger partial charge in [-0.25, -0.2) is 9.48 Å². The van der Waals surface area contributed by atoms with Gasteiger partial charge in [-0.05, 0) is 26.7 Å². The Hall–Kier alpha value is -1.43. The van der Waals surface area contributed by atoms with Gasteiger partial charge in [0.25, 0.3) is 0 Å². The number of carbonyl (C=O) groups is 1. The van der Waals surface area contributed by atoms with Crippen LogP contribution in [0.1, 0.15) is 55.8 Å². The summed E-state index contributed by atoms with van der Waals surface area (Å²) in [7, 11) is 1.67. The lowest BCUT2D eigenvalue weighted by atomic mass is 10.1. The van der Waals surface area contributed by atoms with Crippen molar-refractivity contribution in [3.05, 3.63) is 11.4 Å². The maximum Gasteiger partial charge on any atom is 0.360 e. The number of hydrogen-bond donors (Lipinski definition) is 0. The third kappa shape index (κ3) is 4.02. The smallest absolute Gasteiger partial charge is 0.360 e. The van der Waals surface area contributed by atoms with E-state index >= 15 is 0 Å². The molecule has 1 unspecified atom stereocenters. The highest BCUT2D eigenvalue weighted by molar-refractivity contribution is 5.88. The number of rotatable bonds is 8. The lowest BCUT2D eigenvalue weighted by Gasteiger charge is -2.14. The van der Waals surface area contributed by atoms with Crippen molar-refractivity contribution in [3.8, 4) is 0 Å². The molecule has 0 saturated carbocycles. The number of methoxy groups -OCH3 is 1. The number of hydrogen-bond acceptors (Lipinski definition) is 5. The van der Waals surface area contributed by atoms with Gasteiger partial charge in [0.05, 0.1) is 18.3 Å². The van der Waals surface area contributed by atoms with Gasteiger partial charge in [0.2, 0.25) is 0 Å². The normalized spacial score (nSPS) is 12.4. The number of ether oxygens (including phenoxy) is 2. The van der Waals surface area contributed by atoms with E-state index in [1.165, 1.54) is 0 Å². The topological polar surface area (TPSA) is 66.2 Å². The van der Waals surface area contributed by atoms with Crippen molar-refractivity contribution in [1.82, 2.24) is 15.0 Å². The van der Waals surface area contributed by atoms with Gasteiger partial charge >= 0.3 is 5.97 Å². The Labute approximate surface area is 114 Å². The lowest BCUT2D eigenvalue weighted by molar-refractivity contribution is 0.0518. The van der Waals surface area contributed by atoms with Crippen LogP contribution in [0, 0.1) is 0 Å². The maximum absolute atomic E-state index is 11.8. The number of carbonyl (C=O) groups excluding carboxylic acids is 1. The SMILES string of the molecule is CCCc1c(C(=O)OCC)nnn1C(C)CCOC. The summed E-state index contributed by atoms with van der Waals surface area (Å²) in [6, 6.07) is 0.150. The molecule has 0 fully saturated rings. The molecule has 0 aliphatic heterocycles. The number of nitrogens with zero attached hydrogens (tertiary/aromatic N) is 3. The molecule has 0 saturated heterocycles. The predicted octanol–water partition coefficient (Wildman–Crippen LogP) is 2.00. The third-order valence-corrected chi connectivity index (χ3v) is 2.90. The summed E-state index contributed by atoms with van der Waals surface area (Å²) >= 11 is 0. The largest absolute Gasteiger partial charge is 0.461 e. The highest BCUT2D eigenvalue weighted by Gasteiger charge is 2.22. The molecule has 0 amide bonds. The summed E-state index contributed by atoms with van der Waals surface area (Å²) in [5.74, 6) is -0.392. The van der Waals surface area contributed by atoms with Crippen LogP contribution in [-0.2, 0) is 15.9 Å². The van der Waals surface area contributed by atoms with E-state index in [-0.39, 0.29) is 6.04 Å². The Morgan fingerprint density at radius 1 is 1.42 bits per heavy atom. The van der Waals surface area contributed by atoms with Crippen molar-refractivity contribution in [2.45, 2.75) is 46.1 Å². The van der Waals surface area contributed by atoms with Gasteiger partial charge in [0.1, 0.15) is 0 Å². The minimum atomic E-state index is -0.392. The Morgan fingerprint density at radius 2 is 2.16 bits per heavy atom. The number of esters is 1. The molecular weight excluding hydrogens is 246 g/mol. The average Bonchev–Trinajstić information content (AvgIpc) is 2.80. The summed E-state index contributed by atoms with van der Waals surface area (Å²) < 4.78 is 11.9. The Morgan fingerprint density at radius 3 is 2.74 bits per heavy atom. The van der Waals surface area contributed by atoms with Crippen molar-refractivity contribution in [3.63, 3.8) is 0 Å². The van der Waals surface area contributed by atoms with Gasteiger partial charge < -0.3 is 9.47 Å². The summed E-state index contributed by atoms with van der Waals surface area (Å²) in [6.07, 6.45) is 2.52. The van der Waals surface area contributed by atoms with Crippen molar-refractivity contribution in [2.75, 3.05) is 20.3 Å². The lowest BCUT2D eigenvalue weighted by Crippen LogP contribution is -2.15. The monoisotopic (exact) mass is 269 g/mol. The van der Waals surface area contributed by atoms with Crippen LogP contribution in [-0.4, -0.2) is 41.3 Å². The second-order valence-corrected chi connectivity index (χ2v) is 4.43. The summed E-state index contributed by atoms with van der Waals surface area (Å²) in [5.41, 5.74) is 1.19. The zero-order valence-corrected chi connectivity index (χ0v) is 12.2. The van der Waals surface area contributed by atoms with Gasteiger partial charge in [-0.3, -0.25) is 0 Å². The van der Waals surface area contributed by atoms with Gasteiger partial charge in [-0.1, -0.05) is 18.6 Å². The first kappa shape index (κ1) is 15.6. The zero-order chi connectivity index (χ0) is 14.3. The number of aromatic nitrogens is 3. The molecule has 6 nitrogen and oxygen atoms in total. The Kier molecular flexibility index (Phi) is 6.49. The first-order valence-electron chi connectivity index (χ1n) is 6.75. The first-order chi connectivity index (χ1) is 9.15. The summed E-state index contributed by atoms with van der Waals surface area (Å²) in [5, 5.41) is 8.08. The molecule has 0 aliphatic carbocycles. The van der Waals surface area contributed by atoms with Crippen LogP contribution in [0.2, 0.25) is 0 Å². The molecule has 0 radical (unpaired) electrons. The minimum absolute atomic E-state index is 0.150. The van der Waals surface area contributed by atoms with E-state index < -0.39 is 5.97 Å². The second-order valence-electron chi connectivity index (χ2n) is 4.43. The fourth-order valence-electron chi connectivity index (χ4n) is 1.91. The van der Waals surface area contributed by atoms with E-state index in [2.05, 4.69) is 17.2 Å². The first-order valence-corrected chi connectivity index (χ1v) is 6.75. The molecule has 0 aromatic carbocycles. The summed E-state index contributed by atoms with van der Waals surface area (Å²) in [4.78, 5) is 11.8. The quantitative estimate of drug-likeness (QED) is 0.675. The predicted molar refractivity (Wildman–Crippen MR) is 71.2 cm³/mol. The van der Waals surface area contributed by atoms with E-state index in [0.717, 1.165) is 25.0 Å². The maximum atomic E-state index is 11.8. The molecule has 1 rings (SSSR count). The van der Waals surface area contributed by atoms with Crippen molar-refractivity contribution >= 4 is 5.97 Å².